The number of benzene rings is 1. The van der Waals surface area contributed by atoms with Crippen LogP contribution in [0.2, 0.25) is 0 Å². The topological polar surface area (TPSA) is 105 Å². The number of para-hydroxylation sites is 1. The molecule has 1 heterocycles. The quantitative estimate of drug-likeness (QED) is 0.541. The van der Waals surface area contributed by atoms with E-state index >= 15 is 0 Å². The molecular formula is C18H21F2N3O5. The van der Waals surface area contributed by atoms with Crippen LogP contribution in [-0.4, -0.2) is 46.9 Å². The summed E-state index contributed by atoms with van der Waals surface area (Å²) in [6, 6.07) is 2.57. The van der Waals surface area contributed by atoms with E-state index in [1.807, 2.05) is 5.32 Å². The second-order valence-electron chi connectivity index (χ2n) is 6.83. The highest BCUT2D eigenvalue weighted by atomic mass is 19.1. The molecule has 28 heavy (non-hydrogen) atoms. The van der Waals surface area contributed by atoms with Gasteiger partial charge in [0.25, 0.3) is 11.8 Å². The van der Waals surface area contributed by atoms with Crippen LogP contribution in [-0.2, 0) is 19.1 Å². The molecule has 1 aliphatic rings. The van der Waals surface area contributed by atoms with Crippen molar-refractivity contribution in [2.75, 3.05) is 11.9 Å². The molecule has 1 aliphatic heterocycles. The fraction of sp³-hybridized carbons (Fsp3) is 0.444. The summed E-state index contributed by atoms with van der Waals surface area (Å²) in [6.07, 6.45) is -1.30. The average Bonchev–Trinajstić information content (AvgIpc) is 2.79. The molecule has 8 nitrogen and oxygen atoms in total. The van der Waals surface area contributed by atoms with Gasteiger partial charge >= 0.3 is 12.0 Å². The van der Waals surface area contributed by atoms with E-state index in [0.29, 0.717) is 0 Å². The van der Waals surface area contributed by atoms with E-state index in [9.17, 15) is 28.0 Å². The zero-order valence-corrected chi connectivity index (χ0v) is 15.7. The van der Waals surface area contributed by atoms with Gasteiger partial charge in [-0.3, -0.25) is 19.3 Å². The number of carbonyl (C=O) groups is 4. The van der Waals surface area contributed by atoms with Gasteiger partial charge in [0.1, 0.15) is 22.9 Å². The molecule has 0 aliphatic carbocycles. The molecule has 1 aromatic carbocycles. The Kier molecular flexibility index (Phi) is 6.32. The third kappa shape index (κ3) is 4.81. The normalized spacial score (nSPS) is 16.5. The summed E-state index contributed by atoms with van der Waals surface area (Å²) >= 11 is 0. The summed E-state index contributed by atoms with van der Waals surface area (Å²) in [4.78, 5) is 48.6. The van der Waals surface area contributed by atoms with Crippen molar-refractivity contribution >= 4 is 29.5 Å². The molecule has 0 aromatic heterocycles. The van der Waals surface area contributed by atoms with Gasteiger partial charge < -0.3 is 15.4 Å². The van der Waals surface area contributed by atoms with Crippen molar-refractivity contribution in [3.8, 4) is 0 Å². The Morgan fingerprint density at radius 3 is 2.39 bits per heavy atom. The largest absolute Gasteiger partial charge is 0.453 e. The van der Waals surface area contributed by atoms with Gasteiger partial charge in [-0.25, -0.2) is 13.6 Å². The number of imide groups is 1. The van der Waals surface area contributed by atoms with E-state index in [0.717, 1.165) is 23.1 Å². The Balaban J connectivity index is 1.80. The second-order valence-corrected chi connectivity index (χ2v) is 6.83. The number of nitrogens with zero attached hydrogens (tertiary/aromatic N) is 1. The molecule has 0 bridgehead atoms. The number of esters is 1. The van der Waals surface area contributed by atoms with Crippen LogP contribution in [0.1, 0.15) is 33.6 Å². The highest BCUT2D eigenvalue weighted by molar-refractivity contribution is 6.06. The highest BCUT2D eigenvalue weighted by Gasteiger charge is 2.43. The van der Waals surface area contributed by atoms with Gasteiger partial charge in [0.2, 0.25) is 0 Å². The summed E-state index contributed by atoms with van der Waals surface area (Å²) in [5.74, 6) is -3.95. The zero-order chi connectivity index (χ0) is 21.1. The van der Waals surface area contributed by atoms with Crippen molar-refractivity contribution < 1.29 is 32.7 Å². The van der Waals surface area contributed by atoms with Crippen LogP contribution in [0.25, 0.3) is 0 Å². The first-order valence-corrected chi connectivity index (χ1v) is 8.61. The van der Waals surface area contributed by atoms with Crippen molar-refractivity contribution in [3.05, 3.63) is 29.8 Å². The number of urea groups is 1. The molecule has 4 amide bonds. The van der Waals surface area contributed by atoms with E-state index < -0.39 is 52.8 Å². The van der Waals surface area contributed by atoms with E-state index in [2.05, 4.69) is 5.32 Å². The van der Waals surface area contributed by atoms with Crippen LogP contribution in [0, 0.1) is 11.6 Å². The molecule has 0 saturated carbocycles. The van der Waals surface area contributed by atoms with E-state index in [1.54, 1.807) is 13.8 Å². The first-order chi connectivity index (χ1) is 13.0. The minimum atomic E-state index is -1.29. The van der Waals surface area contributed by atoms with Crippen LogP contribution >= 0.6 is 0 Å². The van der Waals surface area contributed by atoms with Gasteiger partial charge in [0, 0.05) is 13.0 Å². The van der Waals surface area contributed by atoms with Crippen molar-refractivity contribution in [3.63, 3.8) is 0 Å². The van der Waals surface area contributed by atoms with Gasteiger partial charge in [0.15, 0.2) is 6.10 Å². The second kappa shape index (κ2) is 8.32. The number of carbonyl (C=O) groups excluding carboxylic acids is 4. The summed E-state index contributed by atoms with van der Waals surface area (Å²) < 4.78 is 32.0. The fourth-order valence-corrected chi connectivity index (χ4v) is 2.55. The lowest BCUT2D eigenvalue weighted by atomic mass is 10.1. The zero-order valence-electron chi connectivity index (χ0n) is 15.7. The van der Waals surface area contributed by atoms with Gasteiger partial charge in [-0.15, -0.1) is 0 Å². The molecule has 1 aromatic rings. The van der Waals surface area contributed by atoms with Crippen LogP contribution in [0.4, 0.5) is 19.3 Å². The molecule has 10 heteroatoms. The molecule has 1 fully saturated rings. The lowest BCUT2D eigenvalue weighted by Gasteiger charge is -2.16. The molecule has 2 N–H and O–H groups in total. The summed E-state index contributed by atoms with van der Waals surface area (Å²) in [5.41, 5.74) is -1.62. The smallest absolute Gasteiger partial charge is 0.325 e. The Morgan fingerprint density at radius 1 is 1.25 bits per heavy atom. The number of nitrogens with one attached hydrogen (secondary N) is 2. The number of hydrogen-bond acceptors (Lipinski definition) is 5. The predicted molar refractivity (Wildman–Crippen MR) is 94.1 cm³/mol. The van der Waals surface area contributed by atoms with Crippen LogP contribution in [0.5, 0.6) is 0 Å². The number of hydrogen-bond donors (Lipinski definition) is 2. The first kappa shape index (κ1) is 21.3. The molecule has 0 unspecified atom stereocenters. The monoisotopic (exact) mass is 397 g/mol. The molecule has 152 valence electrons. The molecule has 0 spiro atoms. The number of amides is 4. The number of halogens is 2. The Morgan fingerprint density at radius 2 is 1.86 bits per heavy atom. The summed E-state index contributed by atoms with van der Waals surface area (Å²) in [5, 5.41) is 4.55. The maximum atomic E-state index is 13.5. The number of anilines is 1. The SMILES string of the molecule is C[C@H](OC(=O)CCCN1C(=O)NC(C)(C)C1=O)C(=O)Nc1c(F)cccc1F. The summed E-state index contributed by atoms with van der Waals surface area (Å²) in [7, 11) is 0. The van der Waals surface area contributed by atoms with Gasteiger partial charge in [-0.1, -0.05) is 6.07 Å². The van der Waals surface area contributed by atoms with Crippen molar-refractivity contribution in [1.29, 1.82) is 0 Å². The van der Waals surface area contributed by atoms with Crippen LogP contribution in [0.3, 0.4) is 0 Å². The Bertz CT molecular complexity index is 792. The van der Waals surface area contributed by atoms with Crippen molar-refractivity contribution in [1.82, 2.24) is 10.2 Å². The molecule has 1 atom stereocenters. The van der Waals surface area contributed by atoms with E-state index in [1.165, 1.54) is 6.92 Å². The molecule has 1 saturated heterocycles. The van der Waals surface area contributed by atoms with E-state index in [-0.39, 0.29) is 19.4 Å². The lowest BCUT2D eigenvalue weighted by Crippen LogP contribution is -2.40. The van der Waals surface area contributed by atoms with Crippen LogP contribution in [0.15, 0.2) is 18.2 Å². The van der Waals surface area contributed by atoms with Gasteiger partial charge in [-0.2, -0.15) is 0 Å². The average molecular weight is 397 g/mol. The minimum Gasteiger partial charge on any atom is -0.453 e. The minimum absolute atomic E-state index is 0.0181. The van der Waals surface area contributed by atoms with Crippen molar-refractivity contribution in [2.45, 2.75) is 45.3 Å². The number of rotatable bonds is 7. The maximum Gasteiger partial charge on any atom is 0.325 e. The number of ether oxygens (including phenoxy) is 1. The van der Waals surface area contributed by atoms with Gasteiger partial charge in [-0.05, 0) is 39.3 Å². The first-order valence-electron chi connectivity index (χ1n) is 8.61. The summed E-state index contributed by atoms with van der Waals surface area (Å²) in [6.45, 7) is 4.41. The third-order valence-corrected chi connectivity index (χ3v) is 4.10. The van der Waals surface area contributed by atoms with E-state index in [4.69, 9.17) is 4.74 Å². The maximum absolute atomic E-state index is 13.5. The Hall–Kier alpha value is -3.04. The van der Waals surface area contributed by atoms with Crippen LogP contribution < -0.4 is 10.6 Å². The van der Waals surface area contributed by atoms with Crippen molar-refractivity contribution in [2.24, 2.45) is 0 Å². The predicted octanol–water partition coefficient (Wildman–Crippen LogP) is 1.95. The standard InChI is InChI=1S/C18H21F2N3O5/c1-10(15(25)21-14-11(19)6-4-7-12(14)20)28-13(24)8-5-9-23-16(26)18(2,3)22-17(23)27/h4,6-7,10H,5,8-9H2,1-3H3,(H,21,25)(H,22,27)/t10-/m0/s1. The molecular weight excluding hydrogens is 376 g/mol. The fourth-order valence-electron chi connectivity index (χ4n) is 2.55. The Labute approximate surface area is 160 Å². The molecule has 2 rings (SSSR count). The van der Waals surface area contributed by atoms with Gasteiger partial charge in [0.05, 0.1) is 0 Å². The third-order valence-electron chi connectivity index (χ3n) is 4.10. The highest BCUT2D eigenvalue weighted by Crippen LogP contribution is 2.19. The lowest BCUT2D eigenvalue weighted by molar-refractivity contribution is -0.153. The molecule has 0 radical (unpaired) electrons.